The SMILES string of the molecule is C/C=C/CC(NC(=O)C(C)Cc1ccc(C(F)(F)F)cc1)C(=O)O. The van der Waals surface area contributed by atoms with Crippen LogP contribution in [-0.4, -0.2) is 23.0 Å². The Morgan fingerprint density at radius 2 is 1.83 bits per heavy atom. The van der Waals surface area contributed by atoms with Gasteiger partial charge in [-0.25, -0.2) is 4.79 Å². The Kier molecular flexibility index (Phi) is 7.00. The van der Waals surface area contributed by atoms with Crippen molar-refractivity contribution >= 4 is 11.9 Å². The molecule has 0 saturated heterocycles. The van der Waals surface area contributed by atoms with E-state index in [1.165, 1.54) is 12.1 Å². The molecule has 0 fully saturated rings. The van der Waals surface area contributed by atoms with Crippen molar-refractivity contribution in [1.82, 2.24) is 5.32 Å². The zero-order chi connectivity index (χ0) is 18.3. The summed E-state index contributed by atoms with van der Waals surface area (Å²) in [6.45, 7) is 3.34. The number of carboxylic acid groups (broad SMARTS) is 1. The van der Waals surface area contributed by atoms with E-state index in [0.717, 1.165) is 12.1 Å². The molecule has 1 rings (SSSR count). The number of alkyl halides is 3. The molecule has 1 aromatic rings. The van der Waals surface area contributed by atoms with Crippen LogP contribution < -0.4 is 5.32 Å². The third kappa shape index (κ3) is 6.06. The van der Waals surface area contributed by atoms with Gasteiger partial charge in [-0.15, -0.1) is 0 Å². The first-order chi connectivity index (χ1) is 11.1. The van der Waals surface area contributed by atoms with Gasteiger partial charge in [-0.3, -0.25) is 4.79 Å². The Bertz CT molecular complexity index is 594. The third-order valence-electron chi connectivity index (χ3n) is 3.49. The molecule has 2 atom stereocenters. The number of hydrogen-bond acceptors (Lipinski definition) is 2. The fourth-order valence-corrected chi connectivity index (χ4v) is 2.08. The molecule has 1 aromatic carbocycles. The Balaban J connectivity index is 2.67. The number of carboxylic acids is 1. The van der Waals surface area contributed by atoms with Crippen molar-refractivity contribution in [2.45, 2.75) is 38.9 Å². The molecule has 7 heteroatoms. The first-order valence-corrected chi connectivity index (χ1v) is 7.45. The second-order valence-electron chi connectivity index (χ2n) is 5.50. The van der Waals surface area contributed by atoms with Crippen molar-refractivity contribution in [3.63, 3.8) is 0 Å². The van der Waals surface area contributed by atoms with Gasteiger partial charge in [-0.1, -0.05) is 31.2 Å². The predicted molar refractivity (Wildman–Crippen MR) is 83.3 cm³/mol. The Hall–Kier alpha value is -2.31. The Labute approximate surface area is 138 Å². The highest BCUT2D eigenvalue weighted by Crippen LogP contribution is 2.29. The first-order valence-electron chi connectivity index (χ1n) is 7.45. The molecular weight excluding hydrogens is 323 g/mol. The minimum absolute atomic E-state index is 0.171. The van der Waals surface area contributed by atoms with Crippen molar-refractivity contribution < 1.29 is 27.9 Å². The molecule has 4 nitrogen and oxygen atoms in total. The average molecular weight is 343 g/mol. The molecule has 0 aromatic heterocycles. The molecule has 24 heavy (non-hydrogen) atoms. The number of benzene rings is 1. The number of amides is 1. The molecule has 0 aliphatic rings. The van der Waals surface area contributed by atoms with Crippen LogP contribution in [0.5, 0.6) is 0 Å². The van der Waals surface area contributed by atoms with Crippen molar-refractivity contribution in [3.8, 4) is 0 Å². The van der Waals surface area contributed by atoms with Gasteiger partial charge in [-0.05, 0) is 37.5 Å². The zero-order valence-corrected chi connectivity index (χ0v) is 13.4. The summed E-state index contributed by atoms with van der Waals surface area (Å²) in [4.78, 5) is 23.2. The fourth-order valence-electron chi connectivity index (χ4n) is 2.08. The van der Waals surface area contributed by atoms with E-state index < -0.39 is 35.6 Å². The smallest absolute Gasteiger partial charge is 0.416 e. The highest BCUT2D eigenvalue weighted by Gasteiger charge is 2.30. The second kappa shape index (κ2) is 8.52. The van der Waals surface area contributed by atoms with Gasteiger partial charge in [-0.2, -0.15) is 13.2 Å². The summed E-state index contributed by atoms with van der Waals surface area (Å²) in [7, 11) is 0. The van der Waals surface area contributed by atoms with E-state index in [-0.39, 0.29) is 12.8 Å². The van der Waals surface area contributed by atoms with Gasteiger partial charge in [0, 0.05) is 5.92 Å². The second-order valence-corrected chi connectivity index (χ2v) is 5.50. The lowest BCUT2D eigenvalue weighted by molar-refractivity contribution is -0.142. The molecule has 1 amide bonds. The molecular formula is C17H20F3NO3. The quantitative estimate of drug-likeness (QED) is 0.746. The highest BCUT2D eigenvalue weighted by molar-refractivity contribution is 5.85. The van der Waals surface area contributed by atoms with Crippen LogP contribution in [0.2, 0.25) is 0 Å². The number of aliphatic carboxylic acids is 1. The minimum atomic E-state index is -4.40. The average Bonchev–Trinajstić information content (AvgIpc) is 2.50. The van der Waals surface area contributed by atoms with Crippen molar-refractivity contribution in [1.29, 1.82) is 0 Å². The van der Waals surface area contributed by atoms with Crippen LogP contribution in [-0.2, 0) is 22.2 Å². The van der Waals surface area contributed by atoms with Gasteiger partial charge in [0.1, 0.15) is 6.04 Å². The van der Waals surface area contributed by atoms with E-state index in [4.69, 9.17) is 5.11 Å². The maximum Gasteiger partial charge on any atom is 0.416 e. The van der Waals surface area contributed by atoms with Gasteiger partial charge in [0.25, 0.3) is 0 Å². The van der Waals surface area contributed by atoms with E-state index >= 15 is 0 Å². The Morgan fingerprint density at radius 1 is 1.25 bits per heavy atom. The largest absolute Gasteiger partial charge is 0.480 e. The monoisotopic (exact) mass is 343 g/mol. The van der Waals surface area contributed by atoms with Crippen LogP contribution in [0.25, 0.3) is 0 Å². The van der Waals surface area contributed by atoms with E-state index in [2.05, 4.69) is 5.32 Å². The summed E-state index contributed by atoms with van der Waals surface area (Å²) < 4.78 is 37.5. The number of halogens is 3. The molecule has 0 aliphatic carbocycles. The zero-order valence-electron chi connectivity index (χ0n) is 13.4. The molecule has 0 bridgehead atoms. The highest BCUT2D eigenvalue weighted by atomic mass is 19.4. The number of rotatable bonds is 7. The summed E-state index contributed by atoms with van der Waals surface area (Å²) in [5.74, 6) is -2.15. The van der Waals surface area contributed by atoms with Crippen molar-refractivity contribution in [2.75, 3.05) is 0 Å². The molecule has 0 radical (unpaired) electrons. The lowest BCUT2D eigenvalue weighted by atomic mass is 9.98. The molecule has 2 N–H and O–H groups in total. The van der Waals surface area contributed by atoms with Gasteiger partial charge in [0.15, 0.2) is 0 Å². The van der Waals surface area contributed by atoms with Gasteiger partial charge < -0.3 is 10.4 Å². The molecule has 2 unspecified atom stereocenters. The number of carbonyl (C=O) groups is 2. The van der Waals surface area contributed by atoms with Crippen molar-refractivity contribution in [2.24, 2.45) is 5.92 Å². The minimum Gasteiger partial charge on any atom is -0.480 e. The van der Waals surface area contributed by atoms with E-state index in [1.807, 2.05) is 0 Å². The van der Waals surface area contributed by atoms with Gasteiger partial charge >= 0.3 is 12.1 Å². The number of hydrogen-bond donors (Lipinski definition) is 2. The lowest BCUT2D eigenvalue weighted by Gasteiger charge is -2.17. The number of allylic oxidation sites excluding steroid dienone is 1. The molecule has 0 heterocycles. The maximum atomic E-state index is 12.5. The molecule has 0 aliphatic heterocycles. The van der Waals surface area contributed by atoms with Crippen LogP contribution >= 0.6 is 0 Å². The summed E-state index contributed by atoms with van der Waals surface area (Å²) in [6, 6.07) is 3.55. The number of nitrogens with one attached hydrogen (secondary N) is 1. The van der Waals surface area contributed by atoms with Crippen LogP contribution in [0.15, 0.2) is 36.4 Å². The van der Waals surface area contributed by atoms with Crippen LogP contribution in [0, 0.1) is 5.92 Å². The van der Waals surface area contributed by atoms with E-state index in [1.54, 1.807) is 26.0 Å². The van der Waals surface area contributed by atoms with Gasteiger partial charge in [0.05, 0.1) is 5.56 Å². The summed E-state index contributed by atoms with van der Waals surface area (Å²) in [5.41, 5.74) is -0.174. The lowest BCUT2D eigenvalue weighted by Crippen LogP contribution is -2.43. The normalized spacial score (nSPS) is 14.4. The van der Waals surface area contributed by atoms with Crippen LogP contribution in [0.1, 0.15) is 31.4 Å². The fraction of sp³-hybridized carbons (Fsp3) is 0.412. The van der Waals surface area contributed by atoms with Crippen LogP contribution in [0.4, 0.5) is 13.2 Å². The van der Waals surface area contributed by atoms with E-state index in [0.29, 0.717) is 5.56 Å². The standard InChI is InChI=1S/C17H20F3NO3/c1-3-4-5-14(16(23)24)21-15(22)11(2)10-12-6-8-13(9-7-12)17(18,19)20/h3-4,6-9,11,14H,5,10H2,1-2H3,(H,21,22)(H,23,24)/b4-3+. The van der Waals surface area contributed by atoms with Crippen molar-refractivity contribution in [3.05, 3.63) is 47.5 Å². The summed E-state index contributed by atoms with van der Waals surface area (Å²) in [5, 5.41) is 11.5. The maximum absolute atomic E-state index is 12.5. The summed E-state index contributed by atoms with van der Waals surface area (Å²) in [6.07, 6.45) is -0.680. The topological polar surface area (TPSA) is 66.4 Å². The molecule has 0 saturated carbocycles. The van der Waals surface area contributed by atoms with Crippen LogP contribution in [0.3, 0.4) is 0 Å². The molecule has 132 valence electrons. The predicted octanol–water partition coefficient (Wildman–Crippen LogP) is 3.42. The van der Waals surface area contributed by atoms with E-state index in [9.17, 15) is 22.8 Å². The Morgan fingerprint density at radius 3 is 2.29 bits per heavy atom. The summed E-state index contributed by atoms with van der Waals surface area (Å²) >= 11 is 0. The number of carbonyl (C=O) groups excluding carboxylic acids is 1. The molecule has 0 spiro atoms. The van der Waals surface area contributed by atoms with Gasteiger partial charge in [0.2, 0.25) is 5.91 Å². The first kappa shape index (κ1) is 19.7. The third-order valence-corrected chi connectivity index (χ3v) is 3.49.